The molecule has 0 amide bonds. The lowest BCUT2D eigenvalue weighted by molar-refractivity contribution is 0.373. The molecular weight excluding hydrogens is 232 g/mol. The Bertz CT molecular complexity index is 292. The Kier molecular flexibility index (Phi) is 11.0. The molecule has 0 aromatic rings. The second kappa shape index (κ2) is 11.8. The Morgan fingerprint density at radius 1 is 1.32 bits per heavy atom. The largest absolute Gasteiger partial charge is 0.376 e. The first-order valence-corrected chi connectivity index (χ1v) is 7.24. The van der Waals surface area contributed by atoms with Gasteiger partial charge >= 0.3 is 0 Å². The molecule has 0 spiro atoms. The van der Waals surface area contributed by atoms with Crippen LogP contribution in [-0.2, 0) is 0 Å². The normalized spacial score (nSPS) is 19.8. The summed E-state index contributed by atoms with van der Waals surface area (Å²) in [5.74, 6) is 0. The van der Waals surface area contributed by atoms with Gasteiger partial charge in [-0.3, -0.25) is 0 Å². The maximum Gasteiger partial charge on any atom is 0.0324 e. The van der Waals surface area contributed by atoms with Gasteiger partial charge in [0.25, 0.3) is 0 Å². The first kappa shape index (κ1) is 17.7. The SMILES string of the molecule is C=C/C=C(\C=C)CCC.C=CN1CCCCC(N)C1. The molecule has 2 heteroatoms. The summed E-state index contributed by atoms with van der Waals surface area (Å²) in [4.78, 5) is 2.21. The first-order chi connectivity index (χ1) is 9.17. The highest BCUT2D eigenvalue weighted by Gasteiger charge is 2.10. The highest BCUT2D eigenvalue weighted by molar-refractivity contribution is 5.20. The van der Waals surface area contributed by atoms with E-state index in [1.807, 2.05) is 18.4 Å². The van der Waals surface area contributed by atoms with Crippen LogP contribution >= 0.6 is 0 Å². The van der Waals surface area contributed by atoms with Crippen LogP contribution in [0.4, 0.5) is 0 Å². The van der Waals surface area contributed by atoms with Gasteiger partial charge in [-0.1, -0.05) is 57.7 Å². The molecule has 1 atom stereocenters. The summed E-state index contributed by atoms with van der Waals surface area (Å²) < 4.78 is 0. The smallest absolute Gasteiger partial charge is 0.0324 e. The maximum absolute atomic E-state index is 5.81. The van der Waals surface area contributed by atoms with E-state index in [-0.39, 0.29) is 0 Å². The van der Waals surface area contributed by atoms with Crippen molar-refractivity contribution < 1.29 is 0 Å². The van der Waals surface area contributed by atoms with Crippen LogP contribution < -0.4 is 5.73 Å². The third-order valence-corrected chi connectivity index (χ3v) is 3.13. The van der Waals surface area contributed by atoms with Gasteiger partial charge in [-0.05, 0) is 31.0 Å². The predicted molar refractivity (Wildman–Crippen MR) is 87.0 cm³/mol. The molecular formula is C17H30N2. The summed E-state index contributed by atoms with van der Waals surface area (Å²) in [5.41, 5.74) is 7.08. The monoisotopic (exact) mass is 262 g/mol. The molecule has 1 heterocycles. The second-order valence-corrected chi connectivity index (χ2v) is 4.86. The molecule has 0 radical (unpaired) electrons. The zero-order valence-electron chi connectivity index (χ0n) is 12.5. The van der Waals surface area contributed by atoms with Gasteiger partial charge in [-0.25, -0.2) is 0 Å². The van der Waals surface area contributed by atoms with E-state index in [4.69, 9.17) is 5.73 Å². The molecule has 0 aromatic carbocycles. The Morgan fingerprint density at radius 3 is 2.58 bits per heavy atom. The fraction of sp³-hybridized carbons (Fsp3) is 0.529. The van der Waals surface area contributed by atoms with Crippen molar-refractivity contribution in [1.82, 2.24) is 4.90 Å². The van der Waals surface area contributed by atoms with Crippen molar-refractivity contribution in [3.8, 4) is 0 Å². The molecule has 1 aliphatic heterocycles. The molecule has 108 valence electrons. The molecule has 0 saturated carbocycles. The van der Waals surface area contributed by atoms with E-state index >= 15 is 0 Å². The second-order valence-electron chi connectivity index (χ2n) is 4.86. The number of rotatable bonds is 5. The zero-order valence-corrected chi connectivity index (χ0v) is 12.5. The number of nitrogens with zero attached hydrogens (tertiary/aromatic N) is 1. The molecule has 1 saturated heterocycles. The van der Waals surface area contributed by atoms with Crippen LogP contribution in [-0.4, -0.2) is 24.0 Å². The Labute approximate surface area is 119 Å². The van der Waals surface area contributed by atoms with Crippen LogP contribution in [0.15, 0.2) is 49.7 Å². The van der Waals surface area contributed by atoms with E-state index in [1.54, 1.807) is 6.08 Å². The van der Waals surface area contributed by atoms with E-state index in [1.165, 1.54) is 31.3 Å². The molecule has 0 bridgehead atoms. The molecule has 1 unspecified atom stereocenters. The van der Waals surface area contributed by atoms with Crippen LogP contribution in [0.25, 0.3) is 0 Å². The lowest BCUT2D eigenvalue weighted by Gasteiger charge is -2.19. The van der Waals surface area contributed by atoms with Crippen LogP contribution in [0.5, 0.6) is 0 Å². The van der Waals surface area contributed by atoms with Gasteiger partial charge in [-0.2, -0.15) is 0 Å². The quantitative estimate of drug-likeness (QED) is 0.758. The topological polar surface area (TPSA) is 29.3 Å². The van der Waals surface area contributed by atoms with Crippen molar-refractivity contribution in [1.29, 1.82) is 0 Å². The van der Waals surface area contributed by atoms with Gasteiger partial charge in [0.15, 0.2) is 0 Å². The molecule has 19 heavy (non-hydrogen) atoms. The third kappa shape index (κ3) is 9.32. The van der Waals surface area contributed by atoms with E-state index in [0.717, 1.165) is 19.5 Å². The van der Waals surface area contributed by atoms with Gasteiger partial charge in [0, 0.05) is 19.1 Å². The number of likely N-dealkylation sites (tertiary alicyclic amines) is 1. The molecule has 2 N–H and O–H groups in total. The van der Waals surface area contributed by atoms with Crippen molar-refractivity contribution in [3.05, 3.63) is 49.7 Å². The van der Waals surface area contributed by atoms with Gasteiger partial charge in [0.2, 0.25) is 0 Å². The summed E-state index contributed by atoms with van der Waals surface area (Å²) in [7, 11) is 0. The van der Waals surface area contributed by atoms with Gasteiger partial charge in [0.1, 0.15) is 0 Å². The zero-order chi connectivity index (χ0) is 14.5. The minimum Gasteiger partial charge on any atom is -0.376 e. The summed E-state index contributed by atoms with van der Waals surface area (Å²) in [6.45, 7) is 15.3. The standard InChI is InChI=1S/C9H14.C8H16N2/c1-4-7-9(6-3)8-5-2;1-2-10-6-4-3-5-8(9)7-10/h4,6-7H,1,3,5,8H2,2H3;2,8H,1,3-7,9H2/b9-7+;. The minimum absolute atomic E-state index is 0.362. The van der Waals surface area contributed by atoms with E-state index in [9.17, 15) is 0 Å². The Hall–Kier alpha value is -1.28. The van der Waals surface area contributed by atoms with E-state index in [0.29, 0.717) is 6.04 Å². The average molecular weight is 262 g/mol. The van der Waals surface area contributed by atoms with Gasteiger partial charge < -0.3 is 10.6 Å². The number of hydrogen-bond acceptors (Lipinski definition) is 2. The molecule has 0 aliphatic carbocycles. The summed E-state index contributed by atoms with van der Waals surface area (Å²) in [6.07, 6.45) is 13.6. The maximum atomic E-state index is 5.81. The Morgan fingerprint density at radius 2 is 2.05 bits per heavy atom. The molecule has 0 aromatic heterocycles. The number of allylic oxidation sites excluding steroid dienone is 4. The van der Waals surface area contributed by atoms with E-state index in [2.05, 4.69) is 31.6 Å². The summed E-state index contributed by atoms with van der Waals surface area (Å²) in [5, 5.41) is 0. The number of hydrogen-bond donors (Lipinski definition) is 1. The first-order valence-electron chi connectivity index (χ1n) is 7.24. The van der Waals surface area contributed by atoms with Crippen molar-refractivity contribution in [2.24, 2.45) is 5.73 Å². The average Bonchev–Trinajstić information content (AvgIpc) is 2.63. The van der Waals surface area contributed by atoms with E-state index < -0.39 is 0 Å². The fourth-order valence-corrected chi connectivity index (χ4v) is 2.06. The van der Waals surface area contributed by atoms with Crippen molar-refractivity contribution in [2.75, 3.05) is 13.1 Å². The third-order valence-electron chi connectivity index (χ3n) is 3.13. The fourth-order valence-electron chi connectivity index (χ4n) is 2.06. The van der Waals surface area contributed by atoms with Crippen LogP contribution in [0.2, 0.25) is 0 Å². The van der Waals surface area contributed by atoms with Crippen LogP contribution in [0.3, 0.4) is 0 Å². The summed E-state index contributed by atoms with van der Waals surface area (Å²) in [6, 6.07) is 0.362. The summed E-state index contributed by atoms with van der Waals surface area (Å²) >= 11 is 0. The van der Waals surface area contributed by atoms with Gasteiger partial charge in [0.05, 0.1) is 0 Å². The highest BCUT2D eigenvalue weighted by Crippen LogP contribution is 2.08. The predicted octanol–water partition coefficient (Wildman–Crippen LogP) is 4.03. The number of nitrogens with two attached hydrogens (primary N) is 1. The van der Waals surface area contributed by atoms with Crippen LogP contribution in [0, 0.1) is 0 Å². The van der Waals surface area contributed by atoms with Crippen molar-refractivity contribution in [2.45, 2.75) is 45.1 Å². The van der Waals surface area contributed by atoms with Gasteiger partial charge in [-0.15, -0.1) is 0 Å². The molecule has 1 rings (SSSR count). The minimum atomic E-state index is 0.362. The van der Waals surface area contributed by atoms with Crippen molar-refractivity contribution in [3.63, 3.8) is 0 Å². The lowest BCUT2D eigenvalue weighted by atomic mass is 10.1. The molecule has 1 aliphatic rings. The van der Waals surface area contributed by atoms with Crippen molar-refractivity contribution >= 4 is 0 Å². The Balaban J connectivity index is 0.000000344. The van der Waals surface area contributed by atoms with Crippen LogP contribution in [0.1, 0.15) is 39.0 Å². The molecule has 2 nitrogen and oxygen atoms in total. The molecule has 1 fully saturated rings. The lowest BCUT2D eigenvalue weighted by Crippen LogP contribution is -2.32. The highest BCUT2D eigenvalue weighted by atomic mass is 15.1.